The first-order valence-electron chi connectivity index (χ1n) is 10.5. The molecule has 0 bridgehead atoms. The molecule has 0 aromatic heterocycles. The molecule has 3 rings (SSSR count). The summed E-state index contributed by atoms with van der Waals surface area (Å²) >= 11 is 0. The van der Waals surface area contributed by atoms with Gasteiger partial charge in [0.2, 0.25) is 0 Å². The Bertz CT molecular complexity index is 1050. The predicted octanol–water partition coefficient (Wildman–Crippen LogP) is 7.06. The Morgan fingerprint density at radius 3 is 2.16 bits per heavy atom. The first kappa shape index (κ1) is 22.2. The van der Waals surface area contributed by atoms with Crippen LogP contribution in [0.2, 0.25) is 0 Å². The molecule has 0 fully saturated rings. The van der Waals surface area contributed by atoms with Crippen LogP contribution in [-0.4, -0.2) is 16.3 Å². The van der Waals surface area contributed by atoms with Gasteiger partial charge in [-0.2, -0.15) is 0 Å². The smallest absolute Gasteiger partial charge is 0.317 e. The van der Waals surface area contributed by atoms with Gasteiger partial charge in [-0.1, -0.05) is 76.2 Å². The fourth-order valence-electron chi connectivity index (χ4n) is 3.42. The largest absolute Gasteiger partial charge is 0.488 e. The van der Waals surface area contributed by atoms with Crippen LogP contribution in [0, 0.1) is 4.91 Å². The normalized spacial score (nSPS) is 11.4. The van der Waals surface area contributed by atoms with Crippen LogP contribution >= 0.6 is 0 Å². The molecule has 0 aliphatic heterocycles. The zero-order valence-corrected chi connectivity index (χ0v) is 18.4. The van der Waals surface area contributed by atoms with E-state index >= 15 is 0 Å². The van der Waals surface area contributed by atoms with Crippen molar-refractivity contribution in [1.29, 1.82) is 0 Å². The third kappa shape index (κ3) is 5.57. The zero-order chi connectivity index (χ0) is 22.4. The molecule has 0 saturated heterocycles. The van der Waals surface area contributed by atoms with Crippen LogP contribution in [0.15, 0.2) is 71.7 Å². The maximum Gasteiger partial charge on any atom is 0.317 e. The quantitative estimate of drug-likeness (QED) is 0.315. The second kappa shape index (κ2) is 10.0. The second-order valence-electron chi connectivity index (χ2n) is 8.12. The molecule has 5 heteroatoms. The lowest BCUT2D eigenvalue weighted by molar-refractivity contribution is -0.729. The van der Waals surface area contributed by atoms with Gasteiger partial charge in [0.15, 0.2) is 0 Å². The average molecular weight is 418 g/mol. The molecule has 0 radical (unpaired) electrons. The molecular formula is C26H29N2O3+. The van der Waals surface area contributed by atoms with Gasteiger partial charge < -0.3 is 4.74 Å². The molecule has 0 aliphatic rings. The molecule has 160 valence electrons. The van der Waals surface area contributed by atoms with E-state index in [9.17, 15) is 10.1 Å². The molecule has 0 atom stereocenters. The number of rotatable bonds is 8. The van der Waals surface area contributed by atoms with Gasteiger partial charge in [0, 0.05) is 23.9 Å². The monoisotopic (exact) mass is 417 g/mol. The van der Waals surface area contributed by atoms with Crippen molar-refractivity contribution in [3.63, 3.8) is 0 Å². The summed E-state index contributed by atoms with van der Waals surface area (Å²) in [6.07, 6.45) is 1.71. The molecule has 0 aliphatic carbocycles. The van der Waals surface area contributed by atoms with Gasteiger partial charge in [0.1, 0.15) is 12.4 Å². The van der Waals surface area contributed by atoms with E-state index in [4.69, 9.17) is 9.73 Å². The highest BCUT2D eigenvalue weighted by atomic mass is 16.6. The predicted molar refractivity (Wildman–Crippen MR) is 124 cm³/mol. The molecular weight excluding hydrogens is 388 g/mol. The maximum atomic E-state index is 11.4. The molecule has 31 heavy (non-hydrogen) atoms. The summed E-state index contributed by atoms with van der Waals surface area (Å²) in [4.78, 5) is 16.1. The molecule has 0 amide bonds. The number of aliphatic imine (C=N–C) groups is 1. The lowest BCUT2D eigenvalue weighted by Crippen LogP contribution is -2.01. The van der Waals surface area contributed by atoms with Crippen molar-refractivity contribution < 1.29 is 14.9 Å². The SMILES string of the molecule is CC(C)c1cccc(C(C)C)c1/N=C/c1cc([N+](=O)O)ccc1OCc1ccccc1. The number of hydrogen-bond acceptors (Lipinski definition) is 3. The summed E-state index contributed by atoms with van der Waals surface area (Å²) in [5.41, 5.74) is 5.05. The van der Waals surface area contributed by atoms with Crippen LogP contribution in [0.5, 0.6) is 5.75 Å². The zero-order valence-electron chi connectivity index (χ0n) is 18.4. The van der Waals surface area contributed by atoms with Gasteiger partial charge in [0.05, 0.1) is 10.6 Å². The van der Waals surface area contributed by atoms with Crippen LogP contribution < -0.4 is 4.74 Å². The van der Waals surface area contributed by atoms with Gasteiger partial charge >= 0.3 is 5.69 Å². The van der Waals surface area contributed by atoms with Gasteiger partial charge in [-0.25, -0.2) is 5.21 Å². The van der Waals surface area contributed by atoms with Crippen molar-refractivity contribution >= 4 is 17.6 Å². The molecule has 0 heterocycles. The van der Waals surface area contributed by atoms with Crippen molar-refractivity contribution in [2.45, 2.75) is 46.1 Å². The van der Waals surface area contributed by atoms with Crippen LogP contribution in [0.25, 0.3) is 0 Å². The summed E-state index contributed by atoms with van der Waals surface area (Å²) in [7, 11) is 0. The minimum absolute atomic E-state index is 0.120. The Morgan fingerprint density at radius 2 is 1.58 bits per heavy atom. The maximum absolute atomic E-state index is 11.4. The topological polar surface area (TPSA) is 61.9 Å². The fourth-order valence-corrected chi connectivity index (χ4v) is 3.42. The summed E-state index contributed by atoms with van der Waals surface area (Å²) in [6.45, 7) is 8.98. The number of nitrogens with zero attached hydrogens (tertiary/aromatic N) is 2. The van der Waals surface area contributed by atoms with E-state index in [-0.39, 0.29) is 10.6 Å². The highest BCUT2D eigenvalue weighted by Crippen LogP contribution is 2.35. The van der Waals surface area contributed by atoms with E-state index in [1.807, 2.05) is 30.3 Å². The van der Waals surface area contributed by atoms with Crippen molar-refractivity contribution in [1.82, 2.24) is 0 Å². The molecule has 0 saturated carbocycles. The lowest BCUT2D eigenvalue weighted by Gasteiger charge is -2.16. The highest BCUT2D eigenvalue weighted by molar-refractivity contribution is 5.87. The Hall–Kier alpha value is -3.47. The van der Waals surface area contributed by atoms with Crippen LogP contribution in [0.3, 0.4) is 0 Å². The fraction of sp³-hybridized carbons (Fsp3) is 0.269. The van der Waals surface area contributed by atoms with Crippen molar-refractivity contribution in [3.05, 3.63) is 93.9 Å². The molecule has 0 spiro atoms. The molecule has 3 aromatic rings. The molecule has 0 unspecified atom stereocenters. The first-order chi connectivity index (χ1) is 14.9. The Balaban J connectivity index is 2.00. The average Bonchev–Trinajstić information content (AvgIpc) is 2.76. The van der Waals surface area contributed by atoms with E-state index in [1.54, 1.807) is 18.3 Å². The summed E-state index contributed by atoms with van der Waals surface area (Å²) in [5.74, 6) is 1.23. The van der Waals surface area contributed by atoms with Gasteiger partial charge in [-0.3, -0.25) is 4.99 Å². The molecule has 1 N–H and O–H groups in total. The standard InChI is InChI=1S/C26H29N2O3/c1-18(2)23-11-8-12-24(19(3)4)26(23)27-16-21-15-22(28(29)30)13-14-25(21)31-17-20-9-6-5-7-10-20/h5-16,18-19H,17H2,1-4H3,(H,29,30)/q+1/b27-16+. The van der Waals surface area contributed by atoms with Crippen LogP contribution in [0.1, 0.15) is 61.8 Å². The van der Waals surface area contributed by atoms with Gasteiger partial charge in [-0.15, -0.1) is 0 Å². The number of hydrogen-bond donors (Lipinski definition) is 1. The molecule has 5 nitrogen and oxygen atoms in total. The molecule has 3 aromatic carbocycles. The van der Waals surface area contributed by atoms with Crippen molar-refractivity contribution in [2.24, 2.45) is 4.99 Å². The summed E-state index contributed by atoms with van der Waals surface area (Å²) in [6, 6.07) is 20.9. The van der Waals surface area contributed by atoms with Crippen LogP contribution in [0.4, 0.5) is 11.4 Å². The van der Waals surface area contributed by atoms with E-state index in [0.717, 1.165) is 22.4 Å². The number of ether oxygens (including phenoxy) is 1. The third-order valence-electron chi connectivity index (χ3n) is 5.13. The number of para-hydroxylation sites is 1. The summed E-state index contributed by atoms with van der Waals surface area (Å²) in [5, 5.41) is 9.36. The summed E-state index contributed by atoms with van der Waals surface area (Å²) < 4.78 is 6.01. The van der Waals surface area contributed by atoms with E-state index in [1.165, 1.54) is 6.07 Å². The van der Waals surface area contributed by atoms with Crippen molar-refractivity contribution in [2.75, 3.05) is 0 Å². The number of benzene rings is 3. The lowest BCUT2D eigenvalue weighted by atomic mass is 9.93. The Kier molecular flexibility index (Phi) is 7.19. The first-order valence-corrected chi connectivity index (χ1v) is 10.5. The Morgan fingerprint density at radius 1 is 0.935 bits per heavy atom. The Labute approximate surface area is 183 Å². The minimum atomic E-state index is -0.153. The minimum Gasteiger partial charge on any atom is -0.488 e. The third-order valence-corrected chi connectivity index (χ3v) is 5.13. The van der Waals surface area contributed by atoms with E-state index in [0.29, 0.717) is 29.8 Å². The van der Waals surface area contributed by atoms with Gasteiger partial charge in [-0.05, 0) is 34.6 Å². The van der Waals surface area contributed by atoms with E-state index in [2.05, 4.69) is 45.9 Å². The van der Waals surface area contributed by atoms with Gasteiger partial charge in [0.25, 0.3) is 4.92 Å². The van der Waals surface area contributed by atoms with Crippen molar-refractivity contribution in [3.8, 4) is 5.75 Å². The highest BCUT2D eigenvalue weighted by Gasteiger charge is 2.16. The van der Waals surface area contributed by atoms with Crippen LogP contribution in [-0.2, 0) is 6.61 Å². The van der Waals surface area contributed by atoms with E-state index < -0.39 is 0 Å². The second-order valence-corrected chi connectivity index (χ2v) is 8.12.